The lowest BCUT2D eigenvalue weighted by Crippen LogP contribution is -2.31. The highest BCUT2D eigenvalue weighted by Gasteiger charge is 2.21. The number of nitro groups is 1. The third-order valence-electron chi connectivity index (χ3n) is 2.88. The fraction of sp³-hybridized carbons (Fsp3) is 0.385. The third kappa shape index (κ3) is 3.62. The monoisotopic (exact) mass is 296 g/mol. The van der Waals surface area contributed by atoms with Crippen molar-refractivity contribution in [3.8, 4) is 0 Å². The molecule has 0 radical (unpaired) electrons. The second kappa shape index (κ2) is 5.81. The molecule has 2 aromatic heterocycles. The van der Waals surface area contributed by atoms with Gasteiger partial charge in [0.1, 0.15) is 0 Å². The summed E-state index contributed by atoms with van der Waals surface area (Å²) in [6.45, 7) is 5.91. The Bertz CT molecular complexity index is 547. The highest BCUT2D eigenvalue weighted by Crippen LogP contribution is 2.27. The molecule has 2 rings (SSSR count). The molecule has 0 atom stereocenters. The Morgan fingerprint density at radius 1 is 1.37 bits per heavy atom. The smallest absolute Gasteiger partial charge is 0.311 e. The van der Waals surface area contributed by atoms with E-state index in [0.717, 1.165) is 11.4 Å². The highest BCUT2D eigenvalue weighted by atomic mass is 32.1. The van der Waals surface area contributed by atoms with Crippen LogP contribution < -0.4 is 5.32 Å². The topological polar surface area (TPSA) is 55.2 Å². The molecule has 102 valence electrons. The Morgan fingerprint density at radius 3 is 2.74 bits per heavy atom. The predicted octanol–water partition coefficient (Wildman–Crippen LogP) is 3.79. The summed E-state index contributed by atoms with van der Waals surface area (Å²) in [4.78, 5) is 12.6. The zero-order valence-electron chi connectivity index (χ0n) is 10.9. The maximum absolute atomic E-state index is 10.6. The summed E-state index contributed by atoms with van der Waals surface area (Å²) in [5, 5.41) is 16.3. The lowest BCUT2D eigenvalue weighted by Gasteiger charge is -2.23. The van der Waals surface area contributed by atoms with Crippen LogP contribution in [0.3, 0.4) is 0 Å². The summed E-state index contributed by atoms with van der Waals surface area (Å²) in [5.41, 5.74) is 0.0807. The number of hydrogen-bond donors (Lipinski definition) is 1. The summed E-state index contributed by atoms with van der Waals surface area (Å²) in [5.74, 6) is 0. The number of thiophene rings is 2. The molecule has 0 bridgehead atoms. The quantitative estimate of drug-likeness (QED) is 0.652. The molecule has 0 fully saturated rings. The zero-order valence-corrected chi connectivity index (χ0v) is 12.5. The molecular weight excluding hydrogens is 280 g/mol. The van der Waals surface area contributed by atoms with Crippen molar-refractivity contribution in [3.63, 3.8) is 0 Å². The maximum atomic E-state index is 10.6. The molecule has 0 saturated carbocycles. The minimum absolute atomic E-state index is 0.0807. The minimum atomic E-state index is -0.343. The van der Waals surface area contributed by atoms with Gasteiger partial charge in [-0.1, -0.05) is 31.3 Å². The summed E-state index contributed by atoms with van der Waals surface area (Å²) in [6, 6.07) is 7.58. The van der Waals surface area contributed by atoms with Gasteiger partial charge in [-0.15, -0.1) is 11.3 Å². The molecule has 0 unspecified atom stereocenters. The van der Waals surface area contributed by atoms with Gasteiger partial charge in [-0.25, -0.2) is 0 Å². The van der Waals surface area contributed by atoms with Gasteiger partial charge in [-0.05, 0) is 17.5 Å². The maximum Gasteiger partial charge on any atom is 0.324 e. The average Bonchev–Trinajstić information content (AvgIpc) is 3.00. The fourth-order valence-electron chi connectivity index (χ4n) is 1.81. The van der Waals surface area contributed by atoms with Gasteiger partial charge in [0.15, 0.2) is 0 Å². The molecule has 0 spiro atoms. The van der Waals surface area contributed by atoms with Crippen molar-refractivity contribution in [2.75, 3.05) is 6.54 Å². The Labute approximate surface area is 120 Å². The second-order valence-electron chi connectivity index (χ2n) is 4.96. The molecular formula is C13H16N2O2S2. The normalized spacial score (nSPS) is 11.7. The van der Waals surface area contributed by atoms with Crippen molar-refractivity contribution in [1.82, 2.24) is 5.32 Å². The van der Waals surface area contributed by atoms with E-state index in [2.05, 4.69) is 36.7 Å². The molecule has 6 heteroatoms. The molecule has 1 N–H and O–H groups in total. The Kier molecular flexibility index (Phi) is 4.34. The molecule has 19 heavy (non-hydrogen) atoms. The first-order valence-corrected chi connectivity index (χ1v) is 7.66. The van der Waals surface area contributed by atoms with Gasteiger partial charge >= 0.3 is 5.00 Å². The van der Waals surface area contributed by atoms with Crippen LogP contribution in [0.5, 0.6) is 0 Å². The molecule has 0 aliphatic carbocycles. The standard InChI is InChI=1S/C13H16N2O2S2/c1-13(2,11-4-3-7-18-11)9-14-8-10-5-6-12(19-10)15(16)17/h3-7,14H,8-9H2,1-2H3. The van der Waals surface area contributed by atoms with Crippen molar-refractivity contribution in [2.45, 2.75) is 25.8 Å². The van der Waals surface area contributed by atoms with E-state index in [1.54, 1.807) is 17.4 Å². The summed E-state index contributed by atoms with van der Waals surface area (Å²) in [6.07, 6.45) is 0. The van der Waals surface area contributed by atoms with Gasteiger partial charge in [0.2, 0.25) is 0 Å². The molecule has 2 aromatic rings. The van der Waals surface area contributed by atoms with Crippen LogP contribution in [0.2, 0.25) is 0 Å². The van der Waals surface area contributed by atoms with Gasteiger partial charge < -0.3 is 5.32 Å². The fourth-order valence-corrected chi connectivity index (χ4v) is 3.45. The van der Waals surface area contributed by atoms with E-state index in [4.69, 9.17) is 0 Å². The van der Waals surface area contributed by atoms with E-state index in [1.807, 2.05) is 6.07 Å². The van der Waals surface area contributed by atoms with E-state index in [9.17, 15) is 10.1 Å². The summed E-state index contributed by atoms with van der Waals surface area (Å²) < 4.78 is 0. The van der Waals surface area contributed by atoms with Crippen LogP contribution in [0.15, 0.2) is 29.6 Å². The van der Waals surface area contributed by atoms with Gasteiger partial charge in [-0.3, -0.25) is 10.1 Å². The Hall–Kier alpha value is -1.24. The van der Waals surface area contributed by atoms with Crippen molar-refractivity contribution < 1.29 is 4.92 Å². The van der Waals surface area contributed by atoms with Gasteiger partial charge in [-0.2, -0.15) is 0 Å². The van der Waals surface area contributed by atoms with Crippen molar-refractivity contribution in [2.24, 2.45) is 0 Å². The first kappa shape index (κ1) is 14.2. The molecule has 0 aliphatic rings. The zero-order chi connectivity index (χ0) is 13.9. The Morgan fingerprint density at radius 2 is 2.16 bits per heavy atom. The van der Waals surface area contributed by atoms with Crippen LogP contribution in [0.1, 0.15) is 23.6 Å². The first-order valence-electron chi connectivity index (χ1n) is 5.97. The molecule has 0 aliphatic heterocycles. The highest BCUT2D eigenvalue weighted by molar-refractivity contribution is 7.15. The van der Waals surface area contributed by atoms with Crippen LogP contribution >= 0.6 is 22.7 Å². The van der Waals surface area contributed by atoms with E-state index < -0.39 is 0 Å². The van der Waals surface area contributed by atoms with Gasteiger partial charge in [0.05, 0.1) is 4.92 Å². The molecule has 0 aromatic carbocycles. The molecule has 4 nitrogen and oxygen atoms in total. The van der Waals surface area contributed by atoms with Crippen LogP contribution in [-0.2, 0) is 12.0 Å². The first-order chi connectivity index (χ1) is 8.99. The number of nitrogens with zero attached hydrogens (tertiary/aromatic N) is 1. The van der Waals surface area contributed by atoms with Crippen LogP contribution in [0, 0.1) is 10.1 Å². The largest absolute Gasteiger partial charge is 0.324 e. The van der Waals surface area contributed by atoms with E-state index >= 15 is 0 Å². The minimum Gasteiger partial charge on any atom is -0.311 e. The van der Waals surface area contributed by atoms with Gasteiger partial charge in [0.25, 0.3) is 0 Å². The van der Waals surface area contributed by atoms with Crippen LogP contribution in [0.25, 0.3) is 0 Å². The number of hydrogen-bond acceptors (Lipinski definition) is 5. The van der Waals surface area contributed by atoms with E-state index in [0.29, 0.717) is 6.54 Å². The Balaban J connectivity index is 1.87. The lowest BCUT2D eigenvalue weighted by atomic mass is 9.91. The number of nitrogens with one attached hydrogen (secondary N) is 1. The molecule has 0 saturated heterocycles. The summed E-state index contributed by atoms with van der Waals surface area (Å²) >= 11 is 2.99. The van der Waals surface area contributed by atoms with Gasteiger partial charge in [0, 0.05) is 34.3 Å². The van der Waals surface area contributed by atoms with E-state index in [1.165, 1.54) is 16.2 Å². The third-order valence-corrected chi connectivity index (χ3v) is 5.15. The van der Waals surface area contributed by atoms with Crippen molar-refractivity contribution in [1.29, 1.82) is 0 Å². The van der Waals surface area contributed by atoms with Crippen molar-refractivity contribution >= 4 is 27.7 Å². The van der Waals surface area contributed by atoms with Crippen LogP contribution in [0.4, 0.5) is 5.00 Å². The average molecular weight is 296 g/mol. The summed E-state index contributed by atoms with van der Waals surface area (Å²) in [7, 11) is 0. The second-order valence-corrected chi connectivity index (χ2v) is 7.06. The van der Waals surface area contributed by atoms with Crippen LogP contribution in [-0.4, -0.2) is 11.5 Å². The SMILES string of the molecule is CC(C)(CNCc1ccc([N+](=O)[O-])s1)c1cccs1. The lowest BCUT2D eigenvalue weighted by molar-refractivity contribution is -0.380. The van der Waals surface area contributed by atoms with Crippen molar-refractivity contribution in [3.05, 3.63) is 49.5 Å². The molecule has 0 amide bonds. The predicted molar refractivity (Wildman–Crippen MR) is 80.0 cm³/mol. The molecule has 2 heterocycles. The number of rotatable bonds is 6. The van der Waals surface area contributed by atoms with E-state index in [-0.39, 0.29) is 15.3 Å².